The minimum atomic E-state index is 0.334. The molecule has 2 saturated heterocycles. The molecule has 0 aromatic carbocycles. The van der Waals surface area contributed by atoms with E-state index < -0.39 is 0 Å². The van der Waals surface area contributed by atoms with Crippen molar-refractivity contribution in [3.05, 3.63) is 36.2 Å². The molecule has 2 fully saturated rings. The summed E-state index contributed by atoms with van der Waals surface area (Å²) in [5.74, 6) is 1.86. The summed E-state index contributed by atoms with van der Waals surface area (Å²) in [6.07, 6.45) is 7.86. The van der Waals surface area contributed by atoms with Crippen LogP contribution in [0.25, 0.3) is 11.5 Å². The highest BCUT2D eigenvalue weighted by molar-refractivity contribution is 5.76. The number of aromatic nitrogens is 2. The average molecular weight is 368 g/mol. The number of nitrogens with one attached hydrogen (secondary N) is 1. The molecule has 27 heavy (non-hydrogen) atoms. The highest BCUT2D eigenvalue weighted by Gasteiger charge is 2.30. The SMILES string of the molecule is O=C(C[C@@H]1CCNC[C@@H]1Cc1cc(-c2ccccn2)on1)N1CCCCC1. The zero-order valence-corrected chi connectivity index (χ0v) is 15.8. The fourth-order valence-electron chi connectivity index (χ4n) is 4.29. The molecule has 0 radical (unpaired) electrons. The van der Waals surface area contributed by atoms with Gasteiger partial charge in [-0.15, -0.1) is 0 Å². The van der Waals surface area contributed by atoms with E-state index in [9.17, 15) is 4.79 Å². The van der Waals surface area contributed by atoms with Crippen LogP contribution in [0.4, 0.5) is 0 Å². The number of hydrogen-bond acceptors (Lipinski definition) is 5. The summed E-state index contributed by atoms with van der Waals surface area (Å²) in [7, 11) is 0. The van der Waals surface area contributed by atoms with Crippen LogP contribution in [0.3, 0.4) is 0 Å². The second kappa shape index (κ2) is 8.65. The molecule has 0 aliphatic carbocycles. The zero-order valence-electron chi connectivity index (χ0n) is 15.8. The predicted molar refractivity (Wildman–Crippen MR) is 103 cm³/mol. The second-order valence-electron chi connectivity index (χ2n) is 7.76. The topological polar surface area (TPSA) is 71.3 Å². The number of amides is 1. The summed E-state index contributed by atoms with van der Waals surface area (Å²) in [4.78, 5) is 19.1. The number of hydrogen-bond donors (Lipinski definition) is 1. The van der Waals surface area contributed by atoms with Crippen molar-refractivity contribution >= 4 is 5.91 Å². The number of likely N-dealkylation sites (tertiary alicyclic amines) is 1. The quantitative estimate of drug-likeness (QED) is 0.879. The molecule has 6 heteroatoms. The lowest BCUT2D eigenvalue weighted by Crippen LogP contribution is -2.42. The molecule has 2 atom stereocenters. The molecule has 2 aromatic heterocycles. The molecule has 0 spiro atoms. The first-order valence-electron chi connectivity index (χ1n) is 10.1. The van der Waals surface area contributed by atoms with Crippen LogP contribution in [0.15, 0.2) is 35.0 Å². The first-order valence-corrected chi connectivity index (χ1v) is 10.1. The van der Waals surface area contributed by atoms with Crippen molar-refractivity contribution in [2.24, 2.45) is 11.8 Å². The molecule has 1 amide bonds. The number of piperidine rings is 2. The van der Waals surface area contributed by atoms with E-state index in [1.54, 1.807) is 6.20 Å². The van der Waals surface area contributed by atoms with Gasteiger partial charge in [-0.25, -0.2) is 0 Å². The van der Waals surface area contributed by atoms with Gasteiger partial charge in [0.2, 0.25) is 5.91 Å². The third-order valence-corrected chi connectivity index (χ3v) is 5.86. The van der Waals surface area contributed by atoms with E-state index in [1.165, 1.54) is 6.42 Å². The number of carbonyl (C=O) groups excluding carboxylic acids is 1. The van der Waals surface area contributed by atoms with Crippen molar-refractivity contribution in [1.82, 2.24) is 20.4 Å². The zero-order chi connectivity index (χ0) is 18.5. The van der Waals surface area contributed by atoms with Crippen LogP contribution in [-0.4, -0.2) is 47.1 Å². The summed E-state index contributed by atoms with van der Waals surface area (Å²) < 4.78 is 5.50. The maximum atomic E-state index is 12.7. The number of pyridine rings is 1. The molecule has 4 heterocycles. The van der Waals surface area contributed by atoms with Crippen LogP contribution < -0.4 is 5.32 Å². The third kappa shape index (κ3) is 4.56. The van der Waals surface area contributed by atoms with Gasteiger partial charge in [0.05, 0.1) is 5.69 Å². The van der Waals surface area contributed by atoms with E-state index in [0.29, 0.717) is 29.9 Å². The Labute approximate surface area is 160 Å². The number of rotatable bonds is 5. The van der Waals surface area contributed by atoms with Crippen molar-refractivity contribution < 1.29 is 9.32 Å². The smallest absolute Gasteiger partial charge is 0.222 e. The molecule has 2 aliphatic rings. The number of nitrogens with zero attached hydrogens (tertiary/aromatic N) is 3. The lowest BCUT2D eigenvalue weighted by molar-refractivity contribution is -0.133. The molecule has 0 bridgehead atoms. The summed E-state index contributed by atoms with van der Waals surface area (Å²) in [6, 6.07) is 7.74. The fraction of sp³-hybridized carbons (Fsp3) is 0.571. The molecule has 2 aromatic rings. The average Bonchev–Trinajstić information content (AvgIpc) is 3.19. The Kier molecular flexibility index (Phi) is 5.82. The van der Waals surface area contributed by atoms with Crippen LogP contribution in [0.1, 0.15) is 37.8 Å². The maximum absolute atomic E-state index is 12.7. The summed E-state index contributed by atoms with van der Waals surface area (Å²) in [5.41, 5.74) is 1.75. The van der Waals surface area contributed by atoms with Gasteiger partial charge in [-0.1, -0.05) is 11.2 Å². The molecule has 4 rings (SSSR count). The monoisotopic (exact) mass is 368 g/mol. The van der Waals surface area contributed by atoms with Crippen LogP contribution >= 0.6 is 0 Å². The molecular formula is C21H28N4O2. The Bertz CT molecular complexity index is 740. The van der Waals surface area contributed by atoms with E-state index in [4.69, 9.17) is 4.52 Å². The van der Waals surface area contributed by atoms with Crippen molar-refractivity contribution in [3.63, 3.8) is 0 Å². The van der Waals surface area contributed by atoms with E-state index in [-0.39, 0.29) is 0 Å². The molecular weight excluding hydrogens is 340 g/mol. The fourth-order valence-corrected chi connectivity index (χ4v) is 4.29. The van der Waals surface area contributed by atoms with E-state index in [2.05, 4.69) is 20.4 Å². The second-order valence-corrected chi connectivity index (χ2v) is 7.76. The maximum Gasteiger partial charge on any atom is 0.222 e. The third-order valence-electron chi connectivity index (χ3n) is 5.86. The van der Waals surface area contributed by atoms with Crippen molar-refractivity contribution in [1.29, 1.82) is 0 Å². The van der Waals surface area contributed by atoms with Crippen LogP contribution in [-0.2, 0) is 11.2 Å². The minimum Gasteiger partial charge on any atom is -0.354 e. The Morgan fingerprint density at radius 2 is 2.11 bits per heavy atom. The molecule has 1 N–H and O–H groups in total. The molecule has 2 aliphatic heterocycles. The first-order chi connectivity index (χ1) is 13.3. The van der Waals surface area contributed by atoms with Crippen molar-refractivity contribution in [2.45, 2.75) is 38.5 Å². The van der Waals surface area contributed by atoms with E-state index >= 15 is 0 Å². The summed E-state index contributed by atoms with van der Waals surface area (Å²) in [5, 5.41) is 7.73. The summed E-state index contributed by atoms with van der Waals surface area (Å²) >= 11 is 0. The van der Waals surface area contributed by atoms with E-state index in [1.807, 2.05) is 24.3 Å². The molecule has 6 nitrogen and oxygen atoms in total. The van der Waals surface area contributed by atoms with Gasteiger partial charge in [-0.2, -0.15) is 0 Å². The van der Waals surface area contributed by atoms with Crippen molar-refractivity contribution in [3.8, 4) is 11.5 Å². The van der Waals surface area contributed by atoms with E-state index in [0.717, 1.165) is 63.3 Å². The van der Waals surface area contributed by atoms with Crippen LogP contribution in [0, 0.1) is 11.8 Å². The number of carbonyl (C=O) groups is 1. The summed E-state index contributed by atoms with van der Waals surface area (Å²) in [6.45, 7) is 3.80. The van der Waals surface area contributed by atoms with Gasteiger partial charge in [0.15, 0.2) is 5.76 Å². The Morgan fingerprint density at radius 3 is 2.93 bits per heavy atom. The van der Waals surface area contributed by atoms with Crippen molar-refractivity contribution in [2.75, 3.05) is 26.2 Å². The Balaban J connectivity index is 1.39. The van der Waals surface area contributed by atoms with Gasteiger partial charge in [0.25, 0.3) is 0 Å². The normalized spacial score (nSPS) is 23.3. The Hall–Kier alpha value is -2.21. The predicted octanol–water partition coefficient (Wildman–Crippen LogP) is 2.91. The highest BCUT2D eigenvalue weighted by Crippen LogP contribution is 2.28. The largest absolute Gasteiger partial charge is 0.354 e. The molecule has 0 unspecified atom stereocenters. The van der Waals surface area contributed by atoms with Gasteiger partial charge in [-0.05, 0) is 69.2 Å². The molecule has 144 valence electrons. The van der Waals surface area contributed by atoms with Gasteiger partial charge in [0.1, 0.15) is 5.69 Å². The highest BCUT2D eigenvalue weighted by atomic mass is 16.5. The lowest BCUT2D eigenvalue weighted by Gasteiger charge is -2.34. The standard InChI is InChI=1S/C21H28N4O2/c26-21(25-10-4-1-5-11-25)13-16-7-9-22-15-17(16)12-18-14-20(27-24-18)19-6-2-3-8-23-19/h2-3,6,8,14,16-17,22H,1,4-5,7,9-13,15H2/t16-,17-/m0/s1. The first kappa shape index (κ1) is 18.2. The van der Waals surface area contributed by atoms with Gasteiger partial charge in [-0.3, -0.25) is 9.78 Å². The molecule has 0 saturated carbocycles. The van der Waals surface area contributed by atoms with Crippen LogP contribution in [0.2, 0.25) is 0 Å². The van der Waals surface area contributed by atoms with Gasteiger partial charge >= 0.3 is 0 Å². The Morgan fingerprint density at radius 1 is 1.22 bits per heavy atom. The lowest BCUT2D eigenvalue weighted by atomic mass is 9.81. The van der Waals surface area contributed by atoms with Crippen LogP contribution in [0.5, 0.6) is 0 Å². The minimum absolute atomic E-state index is 0.334. The van der Waals surface area contributed by atoms with Gasteiger partial charge < -0.3 is 14.7 Å². The van der Waals surface area contributed by atoms with Gasteiger partial charge in [0, 0.05) is 31.8 Å².